The Kier molecular flexibility index (Phi) is 7.58. The molecule has 0 saturated carbocycles. The molecule has 0 spiro atoms. The van der Waals surface area contributed by atoms with Gasteiger partial charge in [-0.15, -0.1) is 22.7 Å². The van der Waals surface area contributed by atoms with E-state index in [0.29, 0.717) is 17.8 Å². The van der Waals surface area contributed by atoms with E-state index in [2.05, 4.69) is 126 Å². The predicted octanol–water partition coefficient (Wildman–Crippen LogP) is 9.10. The summed E-state index contributed by atoms with van der Waals surface area (Å²) < 4.78 is 11.1. The van der Waals surface area contributed by atoms with Gasteiger partial charge in [0.2, 0.25) is 0 Å². The second-order valence-electron chi connectivity index (χ2n) is 15.4. The van der Waals surface area contributed by atoms with Crippen LogP contribution in [0.1, 0.15) is 67.4 Å². The average molecular weight is 714 g/mol. The van der Waals surface area contributed by atoms with Crippen molar-refractivity contribution in [3.05, 3.63) is 150 Å². The van der Waals surface area contributed by atoms with Gasteiger partial charge in [-0.3, -0.25) is 0 Å². The zero-order chi connectivity index (χ0) is 34.2. The summed E-state index contributed by atoms with van der Waals surface area (Å²) in [6.45, 7) is 0. The van der Waals surface area contributed by atoms with Crippen molar-refractivity contribution in [2.45, 2.75) is 69.9 Å². The topological polar surface area (TPSA) is 12.5 Å². The van der Waals surface area contributed by atoms with Crippen molar-refractivity contribution >= 4 is 68.3 Å². The van der Waals surface area contributed by atoms with E-state index in [4.69, 9.17) is 4.74 Å². The quantitative estimate of drug-likeness (QED) is 0.262. The average Bonchev–Trinajstić information content (AvgIpc) is 3.89. The Morgan fingerprint density at radius 3 is 2.65 bits per heavy atom. The van der Waals surface area contributed by atoms with Gasteiger partial charge in [0.15, 0.2) is 0 Å². The largest absolute Gasteiger partial charge is 0.489 e. The zero-order valence-electron chi connectivity index (χ0n) is 29.5. The minimum absolute atomic E-state index is 0.124. The molecule has 11 rings (SSSR count). The summed E-state index contributed by atoms with van der Waals surface area (Å²) in [6.07, 6.45) is 50.8. The van der Waals surface area contributed by atoms with Gasteiger partial charge in [0, 0.05) is 48.8 Å². The molecule has 0 saturated heterocycles. The van der Waals surface area contributed by atoms with Crippen molar-refractivity contribution in [2.24, 2.45) is 17.8 Å². The Labute approximate surface area is 313 Å². The van der Waals surface area contributed by atoms with Crippen LogP contribution in [0.3, 0.4) is 0 Å². The summed E-state index contributed by atoms with van der Waals surface area (Å²) in [4.78, 5) is 4.23. The maximum absolute atomic E-state index is 6.70. The number of benzene rings is 1. The summed E-state index contributed by atoms with van der Waals surface area (Å²) in [5, 5.41) is 4.37. The molecule has 0 fully saturated rings. The molecule has 258 valence electrons. The zero-order valence-corrected chi connectivity index (χ0v) is 31.1. The summed E-state index contributed by atoms with van der Waals surface area (Å²) in [7, 11) is 0. The lowest BCUT2D eigenvalue weighted by Crippen LogP contribution is -2.40. The molecule has 0 bridgehead atoms. The minimum Gasteiger partial charge on any atom is -0.489 e. The second-order valence-corrected chi connectivity index (χ2v) is 17.5. The van der Waals surface area contributed by atoms with Crippen molar-refractivity contribution in [1.29, 1.82) is 0 Å². The van der Waals surface area contributed by atoms with Crippen LogP contribution in [0.2, 0.25) is 0 Å². The van der Waals surface area contributed by atoms with Crippen LogP contribution in [-0.2, 0) is 11.2 Å². The third-order valence-electron chi connectivity index (χ3n) is 12.4. The molecule has 3 heterocycles. The number of hydrogen-bond donors (Lipinski definition) is 0. The van der Waals surface area contributed by atoms with Crippen LogP contribution in [0.4, 0.5) is 0 Å². The van der Waals surface area contributed by atoms with E-state index in [1.54, 1.807) is 5.56 Å². The number of allylic oxidation sites excluding steroid dienone is 11. The number of fused-ring (bicyclic) bond motifs is 8. The molecule has 4 heteroatoms. The Bertz CT molecular complexity index is 2570. The van der Waals surface area contributed by atoms with E-state index in [-0.39, 0.29) is 12.1 Å². The number of ether oxygens (including phenoxy) is 1. The molecular weight excluding hydrogens is 671 g/mol. The van der Waals surface area contributed by atoms with Crippen LogP contribution in [0.5, 0.6) is 0 Å². The van der Waals surface area contributed by atoms with E-state index >= 15 is 0 Å². The maximum atomic E-state index is 6.70. The fourth-order valence-corrected chi connectivity index (χ4v) is 12.6. The second kappa shape index (κ2) is 12.6. The maximum Gasteiger partial charge on any atom is 0.127 e. The molecule has 8 aliphatic rings. The summed E-state index contributed by atoms with van der Waals surface area (Å²) in [6, 6.07) is 7.16. The van der Waals surface area contributed by atoms with Crippen LogP contribution in [-0.4, -0.2) is 17.0 Å². The van der Waals surface area contributed by atoms with Gasteiger partial charge in [-0.2, -0.15) is 0 Å². The molecule has 0 radical (unpaired) electrons. The molecule has 52 heavy (non-hydrogen) atoms. The summed E-state index contributed by atoms with van der Waals surface area (Å²) >= 11 is 4.02. The molecule has 5 unspecified atom stereocenters. The number of hydrogen-bond acceptors (Lipinski definition) is 4. The highest BCUT2D eigenvalue weighted by Crippen LogP contribution is 2.43. The number of thiophene rings is 2. The van der Waals surface area contributed by atoms with Gasteiger partial charge in [-0.1, -0.05) is 103 Å². The van der Waals surface area contributed by atoms with E-state index in [1.165, 1.54) is 81.2 Å². The van der Waals surface area contributed by atoms with Crippen LogP contribution < -0.4 is 19.5 Å². The molecule has 2 aromatic heterocycles. The van der Waals surface area contributed by atoms with Crippen molar-refractivity contribution in [1.82, 2.24) is 4.90 Å². The lowest BCUT2D eigenvalue weighted by molar-refractivity contribution is 0.151. The van der Waals surface area contributed by atoms with Gasteiger partial charge in [-0.05, 0) is 109 Å². The number of nitrogens with zero attached hydrogens (tertiary/aromatic N) is 1. The highest BCUT2D eigenvalue weighted by Gasteiger charge is 2.38. The first-order chi connectivity index (χ1) is 25.8. The molecule has 7 aliphatic carbocycles. The van der Waals surface area contributed by atoms with Gasteiger partial charge in [0.1, 0.15) is 11.9 Å². The van der Waals surface area contributed by atoms with Gasteiger partial charge < -0.3 is 9.64 Å². The fourth-order valence-electron chi connectivity index (χ4n) is 9.90. The van der Waals surface area contributed by atoms with Crippen LogP contribution in [0.25, 0.3) is 45.7 Å². The van der Waals surface area contributed by atoms with Crippen molar-refractivity contribution in [3.8, 4) is 0 Å². The van der Waals surface area contributed by atoms with Crippen LogP contribution >= 0.6 is 22.7 Å². The normalized spacial score (nSPS) is 27.8. The summed E-state index contributed by atoms with van der Waals surface area (Å²) in [5.74, 6) is 2.49. The van der Waals surface area contributed by atoms with E-state index < -0.39 is 0 Å². The minimum atomic E-state index is 0.124. The molecule has 0 amide bonds. The van der Waals surface area contributed by atoms with E-state index in [1.807, 2.05) is 22.7 Å². The highest BCUT2D eigenvalue weighted by atomic mass is 32.1. The molecule has 3 aromatic rings. The molecule has 0 N–H and O–H groups in total. The first-order valence-electron chi connectivity index (χ1n) is 19.5. The number of rotatable bonds is 5. The van der Waals surface area contributed by atoms with Gasteiger partial charge in [-0.25, -0.2) is 0 Å². The van der Waals surface area contributed by atoms with Crippen molar-refractivity contribution < 1.29 is 4.74 Å². The molecular formula is C48H43NOS2. The van der Waals surface area contributed by atoms with Gasteiger partial charge in [0.05, 0.1) is 10.6 Å². The first-order valence-corrected chi connectivity index (χ1v) is 21.1. The standard InChI is InChI=1S/C48H43NOS2/c1-2-11-30(12-3-1)35-17-9-18-40-41-19-10-20-42(48(41)52-47(35)40)49(34-24-26-37-36-15-4-6-21-43(36)50-44(37)29-34)33-14-8-13-31(27-33)32-23-25-39-38-16-5-7-22-45(38)51-46(39)28-32/h2,4,6-9,11-12,14-15,17-19,21-22,24-28,31-32,34,36,43H,1,3,5,10,13,16,20,23,29H2. The fraction of sp³-hybridized carbons (Fsp3) is 0.292. The molecule has 1 aliphatic heterocycles. The Morgan fingerprint density at radius 2 is 1.69 bits per heavy atom. The molecule has 1 aromatic carbocycles. The molecule has 5 atom stereocenters. The Balaban J connectivity index is 1.03. The van der Waals surface area contributed by atoms with Gasteiger partial charge in [0.25, 0.3) is 0 Å². The summed E-state index contributed by atoms with van der Waals surface area (Å²) in [5.41, 5.74) is 8.54. The Morgan fingerprint density at radius 1 is 0.750 bits per heavy atom. The van der Waals surface area contributed by atoms with Crippen molar-refractivity contribution in [2.75, 3.05) is 0 Å². The highest BCUT2D eigenvalue weighted by molar-refractivity contribution is 7.17. The van der Waals surface area contributed by atoms with E-state index in [9.17, 15) is 0 Å². The van der Waals surface area contributed by atoms with Crippen LogP contribution in [0.15, 0.2) is 114 Å². The predicted molar refractivity (Wildman–Crippen MR) is 221 cm³/mol. The first kappa shape index (κ1) is 31.2. The SMILES string of the molecule is C1=CC2OC3=C(C=CC(N(C4=CC(C5C=c6sc7c(c6=CC5)CCC=C7)CC=C4)C4=c5sc6c(C7=CCCC=C7)cccc6c5=CCC4)C3)C2C=C1. The van der Waals surface area contributed by atoms with Gasteiger partial charge >= 0.3 is 0 Å². The van der Waals surface area contributed by atoms with Crippen LogP contribution in [0, 0.1) is 17.8 Å². The Hall–Kier alpha value is -4.38. The van der Waals surface area contributed by atoms with Crippen molar-refractivity contribution in [3.63, 3.8) is 0 Å². The molecule has 2 nitrogen and oxygen atoms in total. The smallest absolute Gasteiger partial charge is 0.127 e. The third kappa shape index (κ3) is 5.09. The lowest BCUT2D eigenvalue weighted by atomic mass is 9.81. The lowest BCUT2D eigenvalue weighted by Gasteiger charge is -2.38. The third-order valence-corrected chi connectivity index (χ3v) is 14.9. The van der Waals surface area contributed by atoms with E-state index in [0.717, 1.165) is 44.9 Å². The monoisotopic (exact) mass is 713 g/mol.